The first-order chi connectivity index (χ1) is 10.1. The molecule has 0 atom stereocenters. The van der Waals surface area contributed by atoms with Crippen molar-refractivity contribution in [3.8, 4) is 0 Å². The molecule has 1 amide bonds. The molecule has 0 fully saturated rings. The molecular formula is C18H20N2O. The molecule has 0 bridgehead atoms. The summed E-state index contributed by atoms with van der Waals surface area (Å²) in [6.45, 7) is 3.12. The van der Waals surface area contributed by atoms with Crippen LogP contribution in [0.4, 0.5) is 11.4 Å². The van der Waals surface area contributed by atoms with E-state index < -0.39 is 0 Å². The summed E-state index contributed by atoms with van der Waals surface area (Å²) in [4.78, 5) is 14.6. The fourth-order valence-corrected chi connectivity index (χ4v) is 2.77. The Balaban J connectivity index is 1.80. The van der Waals surface area contributed by atoms with Crippen LogP contribution in [0.1, 0.15) is 27.9 Å². The van der Waals surface area contributed by atoms with E-state index in [4.69, 9.17) is 0 Å². The molecule has 108 valence electrons. The number of anilines is 2. The minimum absolute atomic E-state index is 0.0464. The van der Waals surface area contributed by atoms with Crippen molar-refractivity contribution in [2.24, 2.45) is 0 Å². The molecule has 2 aromatic rings. The van der Waals surface area contributed by atoms with Crippen LogP contribution in [0.25, 0.3) is 0 Å². The molecule has 21 heavy (non-hydrogen) atoms. The molecule has 1 aliphatic rings. The van der Waals surface area contributed by atoms with Gasteiger partial charge in [-0.05, 0) is 55.7 Å². The fourth-order valence-electron chi connectivity index (χ4n) is 2.77. The van der Waals surface area contributed by atoms with Gasteiger partial charge in [-0.15, -0.1) is 0 Å². The molecule has 1 aliphatic heterocycles. The van der Waals surface area contributed by atoms with Crippen LogP contribution in [-0.2, 0) is 6.42 Å². The Morgan fingerprint density at radius 1 is 1.14 bits per heavy atom. The number of aryl methyl sites for hydroxylation is 2. The molecule has 2 aromatic carbocycles. The second kappa shape index (κ2) is 5.60. The Morgan fingerprint density at radius 2 is 1.90 bits per heavy atom. The molecule has 3 nitrogen and oxygen atoms in total. The Bertz CT molecular complexity index is 661. The first-order valence-electron chi connectivity index (χ1n) is 7.35. The van der Waals surface area contributed by atoms with Gasteiger partial charge in [0.25, 0.3) is 5.91 Å². The molecule has 1 heterocycles. The quantitative estimate of drug-likeness (QED) is 0.911. The van der Waals surface area contributed by atoms with Gasteiger partial charge in [0.05, 0.1) is 0 Å². The van der Waals surface area contributed by atoms with Crippen molar-refractivity contribution in [2.45, 2.75) is 19.8 Å². The monoisotopic (exact) mass is 280 g/mol. The zero-order chi connectivity index (χ0) is 14.8. The van der Waals surface area contributed by atoms with Crippen LogP contribution >= 0.6 is 0 Å². The van der Waals surface area contributed by atoms with Crippen molar-refractivity contribution >= 4 is 17.3 Å². The largest absolute Gasteiger partial charge is 0.374 e. The van der Waals surface area contributed by atoms with E-state index in [9.17, 15) is 4.79 Å². The third-order valence-electron chi connectivity index (χ3n) is 4.00. The van der Waals surface area contributed by atoms with Gasteiger partial charge >= 0.3 is 0 Å². The normalized spacial score (nSPS) is 13.7. The van der Waals surface area contributed by atoms with E-state index in [1.165, 1.54) is 16.8 Å². The summed E-state index contributed by atoms with van der Waals surface area (Å²) in [6, 6.07) is 13.8. The van der Waals surface area contributed by atoms with Crippen LogP contribution in [0, 0.1) is 6.92 Å². The Labute approximate surface area is 125 Å². The minimum atomic E-state index is -0.0464. The number of nitrogens with one attached hydrogen (secondary N) is 1. The molecule has 0 spiro atoms. The second-order valence-electron chi connectivity index (χ2n) is 5.69. The number of hydrogen-bond donors (Lipinski definition) is 1. The van der Waals surface area contributed by atoms with Gasteiger partial charge in [-0.2, -0.15) is 0 Å². The predicted octanol–water partition coefficient (Wildman–Crippen LogP) is 3.63. The van der Waals surface area contributed by atoms with Crippen LogP contribution in [0.2, 0.25) is 0 Å². The molecule has 0 aromatic heterocycles. The van der Waals surface area contributed by atoms with Crippen molar-refractivity contribution in [3.63, 3.8) is 0 Å². The molecule has 0 radical (unpaired) electrons. The highest BCUT2D eigenvalue weighted by atomic mass is 16.1. The van der Waals surface area contributed by atoms with E-state index in [0.29, 0.717) is 0 Å². The summed E-state index contributed by atoms with van der Waals surface area (Å²) in [5.41, 5.74) is 5.25. The highest BCUT2D eigenvalue weighted by Crippen LogP contribution is 2.27. The van der Waals surface area contributed by atoms with Gasteiger partial charge in [0, 0.05) is 30.5 Å². The number of carbonyl (C=O) groups excluding carboxylic acids is 1. The topological polar surface area (TPSA) is 32.3 Å². The summed E-state index contributed by atoms with van der Waals surface area (Å²) in [5, 5.41) is 2.95. The fraction of sp³-hybridized carbons (Fsp3) is 0.278. The summed E-state index contributed by atoms with van der Waals surface area (Å²) < 4.78 is 0. The maximum Gasteiger partial charge on any atom is 0.255 e. The van der Waals surface area contributed by atoms with Gasteiger partial charge in [-0.3, -0.25) is 4.79 Å². The van der Waals surface area contributed by atoms with Crippen LogP contribution < -0.4 is 10.2 Å². The molecule has 3 rings (SSSR count). The number of benzene rings is 2. The Morgan fingerprint density at radius 3 is 2.67 bits per heavy atom. The number of hydrogen-bond acceptors (Lipinski definition) is 2. The summed E-state index contributed by atoms with van der Waals surface area (Å²) in [7, 11) is 2.10. The average Bonchev–Trinajstić information content (AvgIpc) is 2.49. The lowest BCUT2D eigenvalue weighted by atomic mass is 9.99. The SMILES string of the molecule is Cc1ccc(NC(=O)c2ccc3c(c2)CCCN3C)cc1. The Kier molecular flexibility index (Phi) is 3.65. The lowest BCUT2D eigenvalue weighted by Crippen LogP contribution is -2.25. The number of rotatable bonds is 2. The zero-order valence-electron chi connectivity index (χ0n) is 12.5. The van der Waals surface area contributed by atoms with Crippen LogP contribution in [0.15, 0.2) is 42.5 Å². The predicted molar refractivity (Wildman–Crippen MR) is 87.2 cm³/mol. The molecule has 0 saturated heterocycles. The summed E-state index contributed by atoms with van der Waals surface area (Å²) in [6.07, 6.45) is 2.19. The van der Waals surface area contributed by atoms with E-state index in [2.05, 4.69) is 23.3 Å². The first-order valence-corrected chi connectivity index (χ1v) is 7.35. The second-order valence-corrected chi connectivity index (χ2v) is 5.69. The highest BCUT2D eigenvalue weighted by Gasteiger charge is 2.15. The Hall–Kier alpha value is -2.29. The van der Waals surface area contributed by atoms with Gasteiger partial charge in [-0.25, -0.2) is 0 Å². The maximum absolute atomic E-state index is 12.3. The van der Waals surface area contributed by atoms with Crippen molar-refractivity contribution < 1.29 is 4.79 Å². The van der Waals surface area contributed by atoms with E-state index in [1.54, 1.807) is 0 Å². The van der Waals surface area contributed by atoms with Crippen LogP contribution in [0.5, 0.6) is 0 Å². The molecular weight excluding hydrogens is 260 g/mol. The lowest BCUT2D eigenvalue weighted by Gasteiger charge is -2.27. The summed E-state index contributed by atoms with van der Waals surface area (Å²) >= 11 is 0. The number of fused-ring (bicyclic) bond motifs is 1. The molecule has 0 saturated carbocycles. The van der Waals surface area contributed by atoms with Crippen molar-refractivity contribution in [3.05, 3.63) is 59.2 Å². The van der Waals surface area contributed by atoms with Crippen molar-refractivity contribution in [2.75, 3.05) is 23.8 Å². The van der Waals surface area contributed by atoms with Crippen molar-refractivity contribution in [1.29, 1.82) is 0 Å². The lowest BCUT2D eigenvalue weighted by molar-refractivity contribution is 0.102. The number of carbonyl (C=O) groups is 1. The minimum Gasteiger partial charge on any atom is -0.374 e. The van der Waals surface area contributed by atoms with Gasteiger partial charge in [0.15, 0.2) is 0 Å². The third-order valence-corrected chi connectivity index (χ3v) is 4.00. The van der Waals surface area contributed by atoms with Crippen LogP contribution in [0.3, 0.4) is 0 Å². The standard InChI is InChI=1S/C18H20N2O/c1-13-5-8-16(9-6-13)19-18(21)15-7-10-17-14(12-15)4-3-11-20(17)2/h5-10,12H,3-4,11H2,1-2H3,(H,19,21). The first kappa shape index (κ1) is 13.7. The zero-order valence-corrected chi connectivity index (χ0v) is 12.5. The summed E-state index contributed by atoms with van der Waals surface area (Å²) in [5.74, 6) is -0.0464. The van der Waals surface area contributed by atoms with Gasteiger partial charge < -0.3 is 10.2 Å². The molecule has 0 aliphatic carbocycles. The third kappa shape index (κ3) is 2.92. The molecule has 0 unspecified atom stereocenters. The van der Waals surface area contributed by atoms with Gasteiger partial charge in [-0.1, -0.05) is 17.7 Å². The highest BCUT2D eigenvalue weighted by molar-refractivity contribution is 6.04. The van der Waals surface area contributed by atoms with E-state index in [1.807, 2.05) is 43.3 Å². The van der Waals surface area contributed by atoms with Gasteiger partial charge in [0.2, 0.25) is 0 Å². The van der Waals surface area contributed by atoms with E-state index in [0.717, 1.165) is 30.6 Å². The van der Waals surface area contributed by atoms with Gasteiger partial charge in [0.1, 0.15) is 0 Å². The molecule has 3 heteroatoms. The smallest absolute Gasteiger partial charge is 0.255 e. The maximum atomic E-state index is 12.3. The van der Waals surface area contributed by atoms with Crippen molar-refractivity contribution in [1.82, 2.24) is 0 Å². The average molecular weight is 280 g/mol. The van der Waals surface area contributed by atoms with E-state index in [-0.39, 0.29) is 5.91 Å². The number of amides is 1. The van der Waals surface area contributed by atoms with E-state index >= 15 is 0 Å². The molecule has 1 N–H and O–H groups in total. The van der Waals surface area contributed by atoms with Crippen LogP contribution in [-0.4, -0.2) is 19.5 Å². The number of nitrogens with zero attached hydrogens (tertiary/aromatic N) is 1.